The highest BCUT2D eigenvalue weighted by Gasteiger charge is 2.29. The summed E-state index contributed by atoms with van der Waals surface area (Å²) in [6.45, 7) is 2.43. The Kier molecular flexibility index (Phi) is 5.47. The van der Waals surface area contributed by atoms with Gasteiger partial charge >= 0.3 is 0 Å². The molecule has 2 rings (SSSR count). The first-order valence-electron chi connectivity index (χ1n) is 6.92. The second-order valence-electron chi connectivity index (χ2n) is 4.71. The Morgan fingerprint density at radius 3 is 2.41 bits per heavy atom. The monoisotopic (exact) mass is 370 g/mol. The van der Waals surface area contributed by atoms with Crippen LogP contribution in [0.25, 0.3) is 6.08 Å². The number of carbonyl (C=O) groups is 1. The van der Waals surface area contributed by atoms with Gasteiger partial charge in [-0.05, 0) is 19.1 Å². The summed E-state index contributed by atoms with van der Waals surface area (Å²) in [5.74, 6) is 1.37. The summed E-state index contributed by atoms with van der Waals surface area (Å²) < 4.78 is 22.6. The van der Waals surface area contributed by atoms with Gasteiger partial charge in [0.2, 0.25) is 5.75 Å². The summed E-state index contributed by atoms with van der Waals surface area (Å²) in [5.41, 5.74) is 1.20. The molecule has 0 spiro atoms. The number of ether oxygens (including phenoxy) is 4. The minimum atomic E-state index is -0.299. The highest BCUT2D eigenvalue weighted by molar-refractivity contribution is 9.11. The Hall–Kier alpha value is -1.53. The van der Waals surface area contributed by atoms with Crippen molar-refractivity contribution in [3.63, 3.8) is 0 Å². The average Bonchev–Trinajstić information content (AvgIpc) is 2.63. The number of benzene rings is 1. The van der Waals surface area contributed by atoms with Crippen LogP contribution in [0.1, 0.15) is 29.3 Å². The lowest BCUT2D eigenvalue weighted by Gasteiger charge is -2.16. The first-order valence-corrected chi connectivity index (χ1v) is 7.71. The summed E-state index contributed by atoms with van der Waals surface area (Å²) in [7, 11) is 4.60. The highest BCUT2D eigenvalue weighted by Crippen LogP contribution is 2.45. The van der Waals surface area contributed by atoms with E-state index in [2.05, 4.69) is 15.9 Å². The van der Waals surface area contributed by atoms with Crippen LogP contribution in [0.3, 0.4) is 0 Å². The Morgan fingerprint density at radius 1 is 1.18 bits per heavy atom. The normalized spacial score (nSPS) is 17.4. The number of carbonyl (C=O) groups excluding carboxylic acids is 1. The van der Waals surface area contributed by atoms with E-state index in [4.69, 9.17) is 18.9 Å². The average molecular weight is 371 g/mol. The van der Waals surface area contributed by atoms with Gasteiger partial charge in [-0.2, -0.15) is 0 Å². The molecule has 0 N–H and O–H groups in total. The second-order valence-corrected chi connectivity index (χ2v) is 5.62. The van der Waals surface area contributed by atoms with Crippen LogP contribution in [0.5, 0.6) is 17.2 Å². The smallest absolute Gasteiger partial charge is 0.203 e. The van der Waals surface area contributed by atoms with Crippen molar-refractivity contribution in [3.05, 3.63) is 21.7 Å². The van der Waals surface area contributed by atoms with Gasteiger partial charge in [0.15, 0.2) is 17.3 Å². The number of hydrogen-bond acceptors (Lipinski definition) is 5. The van der Waals surface area contributed by atoms with Crippen molar-refractivity contribution in [1.82, 2.24) is 0 Å². The number of hydrogen-bond donors (Lipinski definition) is 0. The van der Waals surface area contributed by atoms with E-state index in [1.54, 1.807) is 6.07 Å². The van der Waals surface area contributed by atoms with Crippen LogP contribution in [-0.4, -0.2) is 39.8 Å². The van der Waals surface area contributed by atoms with E-state index in [1.807, 2.05) is 13.0 Å². The van der Waals surface area contributed by atoms with Crippen LogP contribution < -0.4 is 14.2 Å². The molecular formula is C16H19BrO5. The van der Waals surface area contributed by atoms with E-state index in [-0.39, 0.29) is 18.3 Å². The summed E-state index contributed by atoms with van der Waals surface area (Å²) in [5, 5.41) is 0. The number of halogens is 1. The van der Waals surface area contributed by atoms with E-state index in [0.717, 1.165) is 4.48 Å². The minimum absolute atomic E-state index is 0.0293. The fraction of sp³-hybridized carbons (Fsp3) is 0.438. The number of methoxy groups -OCH3 is 3. The van der Waals surface area contributed by atoms with Crippen LogP contribution in [0.4, 0.5) is 0 Å². The summed E-state index contributed by atoms with van der Waals surface area (Å²) in [6.07, 6.45) is 1.81. The van der Waals surface area contributed by atoms with Crippen molar-refractivity contribution in [2.75, 3.05) is 27.9 Å². The van der Waals surface area contributed by atoms with Crippen molar-refractivity contribution in [2.24, 2.45) is 0 Å². The first kappa shape index (κ1) is 16.8. The summed E-state index contributed by atoms with van der Waals surface area (Å²) in [4.78, 5) is 12.6. The lowest BCUT2D eigenvalue weighted by Crippen LogP contribution is -2.16. The molecule has 1 aromatic carbocycles. The van der Waals surface area contributed by atoms with Crippen LogP contribution in [-0.2, 0) is 4.74 Å². The molecule has 0 heterocycles. The molecule has 22 heavy (non-hydrogen) atoms. The molecule has 0 aliphatic heterocycles. The van der Waals surface area contributed by atoms with Gasteiger partial charge in [-0.1, -0.05) is 15.9 Å². The van der Waals surface area contributed by atoms with Crippen LogP contribution in [0.15, 0.2) is 10.5 Å². The van der Waals surface area contributed by atoms with Crippen molar-refractivity contribution >= 4 is 27.8 Å². The van der Waals surface area contributed by atoms with Crippen molar-refractivity contribution in [2.45, 2.75) is 19.4 Å². The van der Waals surface area contributed by atoms with Gasteiger partial charge in [0, 0.05) is 28.6 Å². The zero-order valence-electron chi connectivity index (χ0n) is 13.1. The zero-order chi connectivity index (χ0) is 16.3. The van der Waals surface area contributed by atoms with Gasteiger partial charge in [-0.15, -0.1) is 0 Å². The largest absolute Gasteiger partial charge is 0.493 e. The van der Waals surface area contributed by atoms with Gasteiger partial charge in [0.05, 0.1) is 27.4 Å². The van der Waals surface area contributed by atoms with Gasteiger partial charge in [-0.3, -0.25) is 4.79 Å². The molecule has 1 unspecified atom stereocenters. The Morgan fingerprint density at radius 2 is 1.86 bits per heavy atom. The third-order valence-corrected chi connectivity index (χ3v) is 4.24. The molecule has 0 bridgehead atoms. The Balaban J connectivity index is 2.67. The molecule has 0 fully saturated rings. The van der Waals surface area contributed by atoms with Crippen molar-refractivity contribution in [3.8, 4) is 17.2 Å². The van der Waals surface area contributed by atoms with Gasteiger partial charge in [0.25, 0.3) is 0 Å². The molecule has 0 amide bonds. The maximum absolute atomic E-state index is 12.6. The molecule has 0 saturated carbocycles. The van der Waals surface area contributed by atoms with Crippen LogP contribution in [0, 0.1) is 0 Å². The second kappa shape index (κ2) is 7.15. The maximum atomic E-state index is 12.6. The molecule has 1 atom stereocenters. The fourth-order valence-electron chi connectivity index (χ4n) is 2.50. The fourth-order valence-corrected chi connectivity index (χ4v) is 3.02. The third-order valence-electron chi connectivity index (χ3n) is 3.50. The van der Waals surface area contributed by atoms with E-state index in [0.29, 0.717) is 35.0 Å². The SMILES string of the molecule is CCOC1CC(=O)c2cc(OC)c(OC)c(OC)c2C=C1Br. The number of Topliss-reactive ketones (excluding diaryl/α,β-unsaturated/α-hetero) is 1. The number of fused-ring (bicyclic) bond motifs is 1. The predicted molar refractivity (Wildman–Crippen MR) is 87.4 cm³/mol. The molecule has 1 aliphatic rings. The molecule has 6 heteroatoms. The maximum Gasteiger partial charge on any atom is 0.203 e. The van der Waals surface area contributed by atoms with E-state index < -0.39 is 0 Å². The molecule has 1 aromatic rings. The zero-order valence-corrected chi connectivity index (χ0v) is 14.7. The standard InChI is InChI=1S/C16H19BrO5/c1-5-22-13-8-12(18)9-7-14(19-2)16(21-4)15(20-3)10(9)6-11(13)17/h6-7,13H,5,8H2,1-4H3. The van der Waals surface area contributed by atoms with Gasteiger partial charge in [-0.25, -0.2) is 0 Å². The Bertz CT molecular complexity index is 609. The third kappa shape index (κ3) is 2.98. The van der Waals surface area contributed by atoms with E-state index in [9.17, 15) is 4.79 Å². The topological polar surface area (TPSA) is 54.0 Å². The number of rotatable bonds is 5. The molecule has 0 aromatic heterocycles. The molecule has 0 saturated heterocycles. The van der Waals surface area contributed by atoms with Crippen LogP contribution >= 0.6 is 15.9 Å². The minimum Gasteiger partial charge on any atom is -0.493 e. The van der Waals surface area contributed by atoms with Crippen molar-refractivity contribution < 1.29 is 23.7 Å². The van der Waals surface area contributed by atoms with Crippen LogP contribution in [0.2, 0.25) is 0 Å². The lowest BCUT2D eigenvalue weighted by molar-refractivity contribution is 0.0722. The van der Waals surface area contributed by atoms with E-state index in [1.165, 1.54) is 21.3 Å². The number of ketones is 1. The lowest BCUT2D eigenvalue weighted by atomic mass is 10.0. The Labute approximate surface area is 138 Å². The molecule has 0 radical (unpaired) electrons. The first-order chi connectivity index (χ1) is 10.6. The van der Waals surface area contributed by atoms with Gasteiger partial charge in [0.1, 0.15) is 0 Å². The molecule has 5 nitrogen and oxygen atoms in total. The molecular weight excluding hydrogens is 352 g/mol. The van der Waals surface area contributed by atoms with Crippen molar-refractivity contribution in [1.29, 1.82) is 0 Å². The summed E-state index contributed by atoms with van der Waals surface area (Å²) >= 11 is 3.50. The molecule has 1 aliphatic carbocycles. The van der Waals surface area contributed by atoms with E-state index >= 15 is 0 Å². The predicted octanol–water partition coefficient (Wildman–Crippen LogP) is 3.44. The molecule has 120 valence electrons. The quantitative estimate of drug-likeness (QED) is 0.794. The highest BCUT2D eigenvalue weighted by atomic mass is 79.9. The van der Waals surface area contributed by atoms with Gasteiger partial charge < -0.3 is 18.9 Å². The summed E-state index contributed by atoms with van der Waals surface area (Å²) in [6, 6.07) is 1.68.